The number of Topliss-reactive ketones (excluding diaryl/α,β-unsaturated/α-hetero) is 1. The standard InChI is InChI=1S/C18H28FNO/c1-5-17(6-2)20(13-14(3)4)12-11-18(21)15-7-9-16(19)10-8-15/h7-10,14,17H,5-6,11-13H2,1-4H3. The molecule has 0 aromatic heterocycles. The molecule has 1 aromatic carbocycles. The second-order valence-corrected chi connectivity index (χ2v) is 6.04. The van der Waals surface area contributed by atoms with Gasteiger partial charge < -0.3 is 0 Å². The van der Waals surface area contributed by atoms with Crippen molar-refractivity contribution in [3.63, 3.8) is 0 Å². The van der Waals surface area contributed by atoms with Crippen LogP contribution in [0.4, 0.5) is 4.39 Å². The molecular formula is C18H28FNO. The third-order valence-corrected chi connectivity index (χ3v) is 3.85. The Morgan fingerprint density at radius 3 is 2.19 bits per heavy atom. The van der Waals surface area contributed by atoms with Crippen molar-refractivity contribution in [2.75, 3.05) is 13.1 Å². The van der Waals surface area contributed by atoms with Gasteiger partial charge in [0.15, 0.2) is 5.78 Å². The minimum Gasteiger partial charge on any atom is -0.300 e. The molecule has 21 heavy (non-hydrogen) atoms. The lowest BCUT2D eigenvalue weighted by Gasteiger charge is -2.31. The molecule has 1 aromatic rings. The third-order valence-electron chi connectivity index (χ3n) is 3.85. The summed E-state index contributed by atoms with van der Waals surface area (Å²) >= 11 is 0. The Kier molecular flexibility index (Phi) is 7.58. The topological polar surface area (TPSA) is 20.3 Å². The maximum Gasteiger partial charge on any atom is 0.164 e. The fourth-order valence-electron chi connectivity index (χ4n) is 2.72. The van der Waals surface area contributed by atoms with Gasteiger partial charge in [0.05, 0.1) is 0 Å². The van der Waals surface area contributed by atoms with E-state index in [1.54, 1.807) is 12.1 Å². The minimum atomic E-state index is -0.301. The molecule has 0 aliphatic carbocycles. The molecular weight excluding hydrogens is 265 g/mol. The summed E-state index contributed by atoms with van der Waals surface area (Å²) in [4.78, 5) is 14.6. The molecule has 0 amide bonds. The van der Waals surface area contributed by atoms with Crippen molar-refractivity contribution in [3.8, 4) is 0 Å². The lowest BCUT2D eigenvalue weighted by Crippen LogP contribution is -2.38. The molecule has 0 radical (unpaired) electrons. The Labute approximate surface area is 128 Å². The van der Waals surface area contributed by atoms with Crippen molar-refractivity contribution in [2.45, 2.75) is 53.0 Å². The average molecular weight is 293 g/mol. The molecule has 0 unspecified atom stereocenters. The molecule has 3 heteroatoms. The zero-order chi connectivity index (χ0) is 15.8. The number of halogens is 1. The quantitative estimate of drug-likeness (QED) is 0.623. The van der Waals surface area contributed by atoms with Crippen molar-refractivity contribution < 1.29 is 9.18 Å². The highest BCUT2D eigenvalue weighted by atomic mass is 19.1. The van der Waals surface area contributed by atoms with Crippen LogP contribution in [0.5, 0.6) is 0 Å². The maximum atomic E-state index is 12.9. The smallest absolute Gasteiger partial charge is 0.164 e. The van der Waals surface area contributed by atoms with Gasteiger partial charge in [0.25, 0.3) is 0 Å². The van der Waals surface area contributed by atoms with Crippen LogP contribution in [-0.4, -0.2) is 29.8 Å². The van der Waals surface area contributed by atoms with Crippen LogP contribution < -0.4 is 0 Å². The summed E-state index contributed by atoms with van der Waals surface area (Å²) in [5, 5.41) is 0. The zero-order valence-electron chi connectivity index (χ0n) is 13.7. The first-order chi connectivity index (χ1) is 9.97. The largest absolute Gasteiger partial charge is 0.300 e. The number of carbonyl (C=O) groups excluding carboxylic acids is 1. The number of carbonyl (C=O) groups is 1. The van der Waals surface area contributed by atoms with Gasteiger partial charge >= 0.3 is 0 Å². The van der Waals surface area contributed by atoms with E-state index in [1.165, 1.54) is 12.1 Å². The van der Waals surface area contributed by atoms with Gasteiger partial charge in [-0.15, -0.1) is 0 Å². The summed E-state index contributed by atoms with van der Waals surface area (Å²) < 4.78 is 12.9. The highest BCUT2D eigenvalue weighted by molar-refractivity contribution is 5.96. The van der Waals surface area contributed by atoms with E-state index in [1.807, 2.05) is 0 Å². The summed E-state index contributed by atoms with van der Waals surface area (Å²) in [6.07, 6.45) is 2.71. The SMILES string of the molecule is CCC(CC)N(CCC(=O)c1ccc(F)cc1)CC(C)C. The minimum absolute atomic E-state index is 0.0923. The van der Waals surface area contributed by atoms with E-state index in [9.17, 15) is 9.18 Å². The van der Waals surface area contributed by atoms with Gasteiger partial charge in [-0.2, -0.15) is 0 Å². The first kappa shape index (κ1) is 17.8. The molecule has 0 saturated heterocycles. The Hall–Kier alpha value is -1.22. The molecule has 0 heterocycles. The predicted octanol–water partition coefficient (Wildman–Crippen LogP) is 4.55. The predicted molar refractivity (Wildman–Crippen MR) is 86.1 cm³/mol. The van der Waals surface area contributed by atoms with Crippen LogP contribution in [0.15, 0.2) is 24.3 Å². The highest BCUT2D eigenvalue weighted by Crippen LogP contribution is 2.13. The van der Waals surface area contributed by atoms with Crippen molar-refractivity contribution in [1.82, 2.24) is 4.90 Å². The Bertz CT molecular complexity index is 423. The van der Waals surface area contributed by atoms with Gasteiger partial charge in [0.1, 0.15) is 5.82 Å². The molecule has 0 atom stereocenters. The lowest BCUT2D eigenvalue weighted by molar-refractivity contribution is 0.0937. The fraction of sp³-hybridized carbons (Fsp3) is 0.611. The molecule has 2 nitrogen and oxygen atoms in total. The summed E-state index contributed by atoms with van der Waals surface area (Å²) in [6.45, 7) is 10.6. The normalized spacial score (nSPS) is 11.6. The van der Waals surface area contributed by atoms with Crippen LogP contribution in [0.2, 0.25) is 0 Å². The van der Waals surface area contributed by atoms with Gasteiger partial charge in [-0.05, 0) is 43.0 Å². The molecule has 0 saturated carbocycles. The number of hydrogen-bond donors (Lipinski definition) is 0. The van der Waals surface area contributed by atoms with Gasteiger partial charge in [0, 0.05) is 31.1 Å². The zero-order valence-corrected chi connectivity index (χ0v) is 13.7. The molecule has 0 N–H and O–H groups in total. The Balaban J connectivity index is 2.62. The molecule has 0 aliphatic rings. The summed E-state index contributed by atoms with van der Waals surface area (Å²) in [7, 11) is 0. The number of ketones is 1. The second kappa shape index (κ2) is 8.93. The first-order valence-electron chi connectivity index (χ1n) is 8.00. The highest BCUT2D eigenvalue weighted by Gasteiger charge is 2.17. The van der Waals surface area contributed by atoms with Gasteiger partial charge in [-0.25, -0.2) is 4.39 Å². The van der Waals surface area contributed by atoms with Crippen molar-refractivity contribution in [1.29, 1.82) is 0 Å². The molecule has 0 aliphatic heterocycles. The van der Waals surface area contributed by atoms with Crippen molar-refractivity contribution in [3.05, 3.63) is 35.6 Å². The average Bonchev–Trinajstić information content (AvgIpc) is 2.45. The molecule has 0 fully saturated rings. The molecule has 1 rings (SSSR count). The van der Waals surface area contributed by atoms with E-state index >= 15 is 0 Å². The fourth-order valence-corrected chi connectivity index (χ4v) is 2.72. The monoisotopic (exact) mass is 293 g/mol. The second-order valence-electron chi connectivity index (χ2n) is 6.04. The van der Waals surface area contributed by atoms with Crippen LogP contribution in [0.3, 0.4) is 0 Å². The van der Waals surface area contributed by atoms with Crippen LogP contribution in [0.25, 0.3) is 0 Å². The van der Waals surface area contributed by atoms with E-state index < -0.39 is 0 Å². The summed E-state index contributed by atoms with van der Waals surface area (Å²) in [5.41, 5.74) is 0.602. The number of nitrogens with zero attached hydrogens (tertiary/aromatic N) is 1. The number of rotatable bonds is 9. The molecule has 118 valence electrons. The van der Waals surface area contributed by atoms with Crippen LogP contribution >= 0.6 is 0 Å². The van der Waals surface area contributed by atoms with Gasteiger partial charge in [-0.3, -0.25) is 9.69 Å². The van der Waals surface area contributed by atoms with E-state index in [0.717, 1.165) is 25.9 Å². The first-order valence-corrected chi connectivity index (χ1v) is 8.00. The molecule has 0 bridgehead atoms. The summed E-state index contributed by atoms with van der Waals surface area (Å²) in [6, 6.07) is 6.37. The lowest BCUT2D eigenvalue weighted by atomic mass is 10.0. The number of benzene rings is 1. The molecule has 0 spiro atoms. The van der Waals surface area contributed by atoms with Crippen LogP contribution in [0, 0.1) is 11.7 Å². The maximum absolute atomic E-state index is 12.9. The van der Waals surface area contributed by atoms with E-state index in [2.05, 4.69) is 32.6 Å². The van der Waals surface area contributed by atoms with Crippen LogP contribution in [0.1, 0.15) is 57.3 Å². The van der Waals surface area contributed by atoms with Crippen molar-refractivity contribution in [2.24, 2.45) is 5.92 Å². The summed E-state index contributed by atoms with van der Waals surface area (Å²) in [5.74, 6) is 0.381. The van der Waals surface area contributed by atoms with Crippen LogP contribution in [-0.2, 0) is 0 Å². The van der Waals surface area contributed by atoms with E-state index in [0.29, 0.717) is 23.9 Å². The van der Waals surface area contributed by atoms with E-state index in [-0.39, 0.29) is 11.6 Å². The third kappa shape index (κ3) is 5.96. The Morgan fingerprint density at radius 1 is 1.14 bits per heavy atom. The Morgan fingerprint density at radius 2 is 1.71 bits per heavy atom. The van der Waals surface area contributed by atoms with E-state index in [4.69, 9.17) is 0 Å². The van der Waals surface area contributed by atoms with Gasteiger partial charge in [-0.1, -0.05) is 27.7 Å². The number of hydrogen-bond acceptors (Lipinski definition) is 2. The van der Waals surface area contributed by atoms with Crippen molar-refractivity contribution >= 4 is 5.78 Å². The van der Waals surface area contributed by atoms with Gasteiger partial charge in [0.2, 0.25) is 0 Å².